The monoisotopic (exact) mass is 285 g/mol. The van der Waals surface area contributed by atoms with Crippen LogP contribution in [0.3, 0.4) is 0 Å². The Kier molecular flexibility index (Phi) is 5.53. The van der Waals surface area contributed by atoms with E-state index in [0.29, 0.717) is 12.2 Å². The fourth-order valence-corrected chi connectivity index (χ4v) is 2.30. The van der Waals surface area contributed by atoms with E-state index in [4.69, 9.17) is 0 Å². The summed E-state index contributed by atoms with van der Waals surface area (Å²) in [5.41, 5.74) is 0.532. The van der Waals surface area contributed by atoms with Gasteiger partial charge >= 0.3 is 0 Å². The van der Waals surface area contributed by atoms with Gasteiger partial charge in [-0.3, -0.25) is 4.79 Å². The molecule has 1 aromatic carbocycles. The second-order valence-corrected chi connectivity index (χ2v) is 4.89. The highest BCUT2D eigenvalue weighted by Gasteiger charge is 2.13. The summed E-state index contributed by atoms with van der Waals surface area (Å²) in [6, 6.07) is 7.78. The first-order chi connectivity index (χ1) is 8.18. The van der Waals surface area contributed by atoms with Gasteiger partial charge in [-0.15, -0.1) is 12.4 Å². The van der Waals surface area contributed by atoms with E-state index in [2.05, 4.69) is 9.69 Å². The van der Waals surface area contributed by atoms with Gasteiger partial charge in [-0.1, -0.05) is 18.2 Å². The van der Waals surface area contributed by atoms with Crippen molar-refractivity contribution in [2.24, 2.45) is 0 Å². The molecular weight excluding hydrogens is 270 g/mol. The van der Waals surface area contributed by atoms with Crippen LogP contribution in [0.5, 0.6) is 0 Å². The molecule has 0 aliphatic heterocycles. The average molecular weight is 286 g/mol. The Labute approximate surface area is 117 Å². The Morgan fingerprint density at radius 3 is 2.83 bits per heavy atom. The molecule has 0 radical (unpaired) electrons. The molecule has 2 rings (SSSR count). The molecule has 98 valence electrons. The molecule has 0 saturated heterocycles. The summed E-state index contributed by atoms with van der Waals surface area (Å²) in [6.45, 7) is 1.46. The van der Waals surface area contributed by atoms with E-state index in [-0.39, 0.29) is 18.3 Å². The van der Waals surface area contributed by atoms with Crippen LogP contribution >= 0.6 is 23.9 Å². The molecular formula is C12H16ClN3OS. The molecule has 0 fully saturated rings. The zero-order valence-corrected chi connectivity index (χ0v) is 12.0. The zero-order chi connectivity index (χ0) is 12.3. The Bertz CT molecular complexity index is 527. The van der Waals surface area contributed by atoms with Crippen LogP contribution in [0, 0.1) is 0 Å². The van der Waals surface area contributed by atoms with Gasteiger partial charge < -0.3 is 10.2 Å². The third kappa shape index (κ3) is 3.41. The van der Waals surface area contributed by atoms with E-state index in [1.54, 1.807) is 0 Å². The minimum Gasteiger partial charge on any atom is -0.349 e. The molecule has 4 nitrogen and oxygen atoms in total. The molecule has 0 bridgehead atoms. The van der Waals surface area contributed by atoms with Crippen LogP contribution in [0.25, 0.3) is 10.1 Å². The molecule has 2 aromatic rings. The molecule has 1 aromatic heterocycles. The highest BCUT2D eigenvalue weighted by Crippen LogP contribution is 2.21. The second-order valence-electron chi connectivity index (χ2n) is 4.09. The number of rotatable bonds is 4. The fourth-order valence-electron chi connectivity index (χ4n) is 1.53. The molecule has 0 saturated carbocycles. The molecule has 0 spiro atoms. The summed E-state index contributed by atoms with van der Waals surface area (Å²) in [4.78, 5) is 13.9. The fraction of sp³-hybridized carbons (Fsp3) is 0.333. The number of halogens is 1. The topological polar surface area (TPSA) is 45.2 Å². The first-order valence-corrected chi connectivity index (χ1v) is 6.23. The number of carbonyl (C=O) groups is 1. The van der Waals surface area contributed by atoms with Crippen LogP contribution in [0.1, 0.15) is 10.5 Å². The third-order valence-electron chi connectivity index (χ3n) is 2.44. The second kappa shape index (κ2) is 6.68. The van der Waals surface area contributed by atoms with Crippen molar-refractivity contribution >= 4 is 39.9 Å². The van der Waals surface area contributed by atoms with Gasteiger partial charge in [0.05, 0.1) is 4.70 Å². The summed E-state index contributed by atoms with van der Waals surface area (Å²) in [5.74, 6) is -0.0932. The highest BCUT2D eigenvalue weighted by molar-refractivity contribution is 7.13. The predicted octanol–water partition coefficient (Wildman–Crippen LogP) is 2.01. The molecule has 1 heterocycles. The predicted molar refractivity (Wildman–Crippen MR) is 77.8 cm³/mol. The summed E-state index contributed by atoms with van der Waals surface area (Å²) >= 11 is 1.36. The Balaban J connectivity index is 0.00000162. The van der Waals surface area contributed by atoms with E-state index in [1.807, 2.05) is 43.3 Å². The van der Waals surface area contributed by atoms with E-state index in [1.165, 1.54) is 11.5 Å². The first-order valence-electron chi connectivity index (χ1n) is 5.46. The lowest BCUT2D eigenvalue weighted by molar-refractivity contribution is 0.0949. The van der Waals surface area contributed by atoms with Crippen molar-refractivity contribution in [3.05, 3.63) is 30.0 Å². The lowest BCUT2D eigenvalue weighted by atomic mass is 10.2. The van der Waals surface area contributed by atoms with Crippen molar-refractivity contribution in [3.8, 4) is 0 Å². The normalized spacial score (nSPS) is 10.4. The smallest absolute Gasteiger partial charge is 0.271 e. The van der Waals surface area contributed by atoms with Crippen molar-refractivity contribution in [3.63, 3.8) is 0 Å². The maximum atomic E-state index is 11.9. The lowest BCUT2D eigenvalue weighted by Crippen LogP contribution is -2.31. The van der Waals surface area contributed by atoms with Gasteiger partial charge in [-0.25, -0.2) is 0 Å². The molecule has 0 atom stereocenters. The van der Waals surface area contributed by atoms with E-state index in [9.17, 15) is 4.79 Å². The van der Waals surface area contributed by atoms with Gasteiger partial charge in [0.2, 0.25) is 0 Å². The number of fused-ring (bicyclic) bond motifs is 1. The largest absolute Gasteiger partial charge is 0.349 e. The van der Waals surface area contributed by atoms with E-state index in [0.717, 1.165) is 16.6 Å². The molecule has 0 aliphatic rings. The van der Waals surface area contributed by atoms with Gasteiger partial charge in [-0.2, -0.15) is 4.37 Å². The number of nitrogens with one attached hydrogen (secondary N) is 1. The SMILES string of the molecule is CN(C)CCNC(=O)c1nsc2ccccc12.Cl. The van der Waals surface area contributed by atoms with Crippen LogP contribution in [0.15, 0.2) is 24.3 Å². The van der Waals surface area contributed by atoms with Crippen LogP contribution in [-0.4, -0.2) is 42.4 Å². The number of amides is 1. The van der Waals surface area contributed by atoms with Crippen LogP contribution < -0.4 is 5.32 Å². The van der Waals surface area contributed by atoms with Gasteiger partial charge in [0.25, 0.3) is 5.91 Å². The van der Waals surface area contributed by atoms with E-state index < -0.39 is 0 Å². The molecule has 0 aliphatic carbocycles. The summed E-state index contributed by atoms with van der Waals surface area (Å²) in [7, 11) is 3.95. The van der Waals surface area contributed by atoms with Gasteiger partial charge in [0.1, 0.15) is 5.69 Å². The summed E-state index contributed by atoms with van der Waals surface area (Å²) < 4.78 is 5.26. The highest BCUT2D eigenvalue weighted by atomic mass is 35.5. The number of hydrogen-bond acceptors (Lipinski definition) is 4. The number of benzene rings is 1. The van der Waals surface area contributed by atoms with Crippen LogP contribution in [0.4, 0.5) is 0 Å². The number of carbonyl (C=O) groups excluding carboxylic acids is 1. The number of nitrogens with zero attached hydrogens (tertiary/aromatic N) is 2. The number of hydrogen-bond donors (Lipinski definition) is 1. The van der Waals surface area contributed by atoms with Gasteiger partial charge in [0, 0.05) is 18.5 Å². The number of likely N-dealkylation sites (N-methyl/N-ethyl adjacent to an activating group) is 1. The van der Waals surface area contributed by atoms with Crippen molar-refractivity contribution in [2.75, 3.05) is 27.2 Å². The van der Waals surface area contributed by atoms with Gasteiger partial charge in [-0.05, 0) is 31.7 Å². The minimum absolute atomic E-state index is 0. The minimum atomic E-state index is -0.0932. The third-order valence-corrected chi connectivity index (χ3v) is 3.26. The maximum absolute atomic E-state index is 11.9. The Hall–Kier alpha value is -1.17. The molecule has 18 heavy (non-hydrogen) atoms. The molecule has 1 amide bonds. The average Bonchev–Trinajstić information content (AvgIpc) is 2.72. The molecule has 6 heteroatoms. The zero-order valence-electron chi connectivity index (χ0n) is 10.3. The Morgan fingerprint density at radius 1 is 1.39 bits per heavy atom. The van der Waals surface area contributed by atoms with Crippen molar-refractivity contribution in [1.82, 2.24) is 14.6 Å². The Morgan fingerprint density at radius 2 is 2.11 bits per heavy atom. The standard InChI is InChI=1S/C12H15N3OS.ClH/c1-15(2)8-7-13-12(16)11-9-5-3-4-6-10(9)17-14-11;/h3-6H,7-8H2,1-2H3,(H,13,16);1H. The van der Waals surface area contributed by atoms with Crippen molar-refractivity contribution < 1.29 is 4.79 Å². The van der Waals surface area contributed by atoms with Crippen LogP contribution in [0.2, 0.25) is 0 Å². The summed E-state index contributed by atoms with van der Waals surface area (Å²) in [5, 5.41) is 3.80. The van der Waals surface area contributed by atoms with Crippen molar-refractivity contribution in [2.45, 2.75) is 0 Å². The maximum Gasteiger partial charge on any atom is 0.271 e. The van der Waals surface area contributed by atoms with Crippen LogP contribution in [-0.2, 0) is 0 Å². The molecule has 0 unspecified atom stereocenters. The summed E-state index contributed by atoms with van der Waals surface area (Å²) in [6.07, 6.45) is 0. The van der Waals surface area contributed by atoms with Gasteiger partial charge in [0.15, 0.2) is 0 Å². The molecule has 1 N–H and O–H groups in total. The lowest BCUT2D eigenvalue weighted by Gasteiger charge is -2.09. The van der Waals surface area contributed by atoms with Crippen molar-refractivity contribution in [1.29, 1.82) is 0 Å². The van der Waals surface area contributed by atoms with E-state index >= 15 is 0 Å². The first kappa shape index (κ1) is 14.9. The quantitative estimate of drug-likeness (QED) is 0.935. The number of aromatic nitrogens is 1.